The van der Waals surface area contributed by atoms with Crippen molar-refractivity contribution in [3.8, 4) is 5.75 Å². The fourth-order valence-corrected chi connectivity index (χ4v) is 2.29. The van der Waals surface area contributed by atoms with E-state index in [2.05, 4.69) is 22.9 Å². The van der Waals surface area contributed by atoms with Crippen molar-refractivity contribution < 1.29 is 14.3 Å². The number of ether oxygens (including phenoxy) is 2. The quantitative estimate of drug-likeness (QED) is 0.632. The van der Waals surface area contributed by atoms with Gasteiger partial charge in [-0.05, 0) is 73.8 Å². The largest absolute Gasteiger partial charge is 0.479 e. The summed E-state index contributed by atoms with van der Waals surface area (Å²) in [4.78, 5) is 13.5. The molecule has 1 amide bonds. The number of benzene rings is 1. The second kappa shape index (κ2) is 8.42. The van der Waals surface area contributed by atoms with Crippen LogP contribution in [0.5, 0.6) is 5.75 Å². The number of rotatable bonds is 6. The highest BCUT2D eigenvalue weighted by atomic mass is 79.9. The summed E-state index contributed by atoms with van der Waals surface area (Å²) in [5.74, 6) is 0.777. The van der Waals surface area contributed by atoms with E-state index in [9.17, 15) is 4.79 Å². The highest BCUT2D eigenvalue weighted by Crippen LogP contribution is 2.23. The Bertz CT molecular complexity index is 468. The molecule has 1 unspecified atom stereocenters. The maximum atomic E-state index is 12.0. The first kappa shape index (κ1) is 18.8. The van der Waals surface area contributed by atoms with E-state index in [0.29, 0.717) is 0 Å². The Kier molecular flexibility index (Phi) is 7.20. The summed E-state index contributed by atoms with van der Waals surface area (Å²) < 4.78 is 11.1. The van der Waals surface area contributed by atoms with Crippen molar-refractivity contribution in [2.24, 2.45) is 0 Å². The zero-order chi connectivity index (χ0) is 16.8. The molecular formula is C17H26BrNO3. The number of carbonyl (C=O) groups is 1. The molecule has 124 valence electrons. The Morgan fingerprint density at radius 1 is 1.27 bits per heavy atom. The molecule has 0 bridgehead atoms. The van der Waals surface area contributed by atoms with Gasteiger partial charge in [0.15, 0.2) is 5.01 Å². The number of halogens is 1. The van der Waals surface area contributed by atoms with E-state index in [1.807, 2.05) is 45.0 Å². The van der Waals surface area contributed by atoms with Gasteiger partial charge in [-0.3, -0.25) is 4.90 Å². The lowest BCUT2D eigenvalue weighted by atomic mass is 10.2. The molecule has 0 saturated heterocycles. The third kappa shape index (κ3) is 6.69. The highest BCUT2D eigenvalue weighted by Gasteiger charge is 2.20. The maximum absolute atomic E-state index is 12.0. The van der Waals surface area contributed by atoms with Crippen LogP contribution in [0.3, 0.4) is 0 Å². The van der Waals surface area contributed by atoms with Gasteiger partial charge in [-0.15, -0.1) is 0 Å². The monoisotopic (exact) mass is 371 g/mol. The molecule has 0 fully saturated rings. The summed E-state index contributed by atoms with van der Waals surface area (Å²) in [7, 11) is 1.69. The number of nitrogens with zero attached hydrogens (tertiary/aromatic N) is 1. The van der Waals surface area contributed by atoms with Gasteiger partial charge in [-0.2, -0.15) is 0 Å². The van der Waals surface area contributed by atoms with E-state index >= 15 is 0 Å². The second-order valence-corrected chi connectivity index (χ2v) is 7.22. The van der Waals surface area contributed by atoms with Gasteiger partial charge in [-0.1, -0.05) is 13.3 Å². The minimum Gasteiger partial charge on any atom is -0.479 e. The van der Waals surface area contributed by atoms with Gasteiger partial charge in [-0.25, -0.2) is 4.79 Å². The van der Waals surface area contributed by atoms with Crippen molar-refractivity contribution in [3.05, 3.63) is 24.3 Å². The lowest BCUT2D eigenvalue weighted by Gasteiger charge is -2.24. The lowest BCUT2D eigenvalue weighted by molar-refractivity contribution is 0.0589. The first-order chi connectivity index (χ1) is 10.2. The van der Waals surface area contributed by atoms with Crippen LogP contribution < -0.4 is 9.64 Å². The van der Waals surface area contributed by atoms with Crippen LogP contribution in [0.2, 0.25) is 0 Å². The molecule has 0 aromatic heterocycles. The Morgan fingerprint density at radius 3 is 2.36 bits per heavy atom. The molecule has 0 aliphatic carbocycles. The minimum atomic E-state index is -0.503. The molecule has 1 aromatic carbocycles. The average molecular weight is 372 g/mol. The van der Waals surface area contributed by atoms with Crippen molar-refractivity contribution in [1.82, 2.24) is 0 Å². The fourth-order valence-electron chi connectivity index (χ4n) is 1.76. The number of hydrogen-bond acceptors (Lipinski definition) is 3. The molecule has 0 radical (unpaired) electrons. The van der Waals surface area contributed by atoms with E-state index in [0.717, 1.165) is 30.7 Å². The van der Waals surface area contributed by atoms with Crippen molar-refractivity contribution >= 4 is 27.7 Å². The van der Waals surface area contributed by atoms with Crippen molar-refractivity contribution in [2.45, 2.75) is 57.6 Å². The van der Waals surface area contributed by atoms with E-state index < -0.39 is 5.60 Å². The van der Waals surface area contributed by atoms with Crippen molar-refractivity contribution in [1.29, 1.82) is 0 Å². The van der Waals surface area contributed by atoms with Gasteiger partial charge < -0.3 is 9.47 Å². The van der Waals surface area contributed by atoms with E-state index in [1.165, 1.54) is 4.90 Å². The molecule has 5 heteroatoms. The van der Waals surface area contributed by atoms with Gasteiger partial charge in [0.2, 0.25) is 0 Å². The normalized spacial score (nSPS) is 12.6. The summed E-state index contributed by atoms with van der Waals surface area (Å²) >= 11 is 3.51. The van der Waals surface area contributed by atoms with Crippen LogP contribution >= 0.6 is 15.9 Å². The summed E-state index contributed by atoms with van der Waals surface area (Å²) in [5, 5.41) is 0.0156. The molecule has 1 rings (SSSR count). The third-order valence-corrected chi connectivity index (χ3v) is 3.58. The average Bonchev–Trinajstić information content (AvgIpc) is 2.43. The van der Waals surface area contributed by atoms with Gasteiger partial charge in [0.1, 0.15) is 11.4 Å². The predicted molar refractivity (Wildman–Crippen MR) is 93.9 cm³/mol. The summed E-state index contributed by atoms with van der Waals surface area (Å²) in [6.45, 7) is 7.70. The predicted octanol–water partition coefficient (Wildman–Crippen LogP) is 5.35. The van der Waals surface area contributed by atoms with Crippen LogP contribution in [0.15, 0.2) is 24.3 Å². The summed E-state index contributed by atoms with van der Waals surface area (Å²) in [5.41, 5.74) is 0.262. The van der Waals surface area contributed by atoms with Crippen LogP contribution in [0.4, 0.5) is 10.5 Å². The van der Waals surface area contributed by atoms with Crippen LogP contribution in [-0.2, 0) is 4.74 Å². The van der Waals surface area contributed by atoms with E-state index in [-0.39, 0.29) is 11.1 Å². The molecule has 0 aliphatic heterocycles. The topological polar surface area (TPSA) is 38.8 Å². The smallest absolute Gasteiger partial charge is 0.414 e. The molecule has 0 saturated carbocycles. The molecule has 0 heterocycles. The Labute approximate surface area is 141 Å². The number of anilines is 1. The van der Waals surface area contributed by atoms with Gasteiger partial charge in [0.05, 0.1) is 0 Å². The molecule has 0 aliphatic rings. The van der Waals surface area contributed by atoms with Gasteiger partial charge >= 0.3 is 6.09 Å². The zero-order valence-electron chi connectivity index (χ0n) is 14.1. The maximum Gasteiger partial charge on any atom is 0.414 e. The van der Waals surface area contributed by atoms with Gasteiger partial charge in [0, 0.05) is 12.7 Å². The lowest BCUT2D eigenvalue weighted by Crippen LogP contribution is -2.34. The molecule has 1 aromatic rings. The van der Waals surface area contributed by atoms with Crippen LogP contribution in [0.1, 0.15) is 47.0 Å². The standard InChI is InChI=1S/C17H26BrNO3/c1-6-7-8-15(18)21-14-11-9-13(10-12-14)19(5)16(20)22-17(2,3)4/h9-12,15H,6-8H2,1-5H3. The fraction of sp³-hybridized carbons (Fsp3) is 0.588. The van der Waals surface area contributed by atoms with E-state index in [1.54, 1.807) is 7.05 Å². The Hall–Kier alpha value is -1.23. The number of hydrogen-bond donors (Lipinski definition) is 0. The van der Waals surface area contributed by atoms with Gasteiger partial charge in [0.25, 0.3) is 0 Å². The summed E-state index contributed by atoms with van der Waals surface area (Å²) in [6, 6.07) is 7.41. The van der Waals surface area contributed by atoms with Crippen LogP contribution in [0.25, 0.3) is 0 Å². The molecule has 22 heavy (non-hydrogen) atoms. The first-order valence-corrected chi connectivity index (χ1v) is 8.52. The number of alkyl halides is 1. The molecule has 0 spiro atoms. The van der Waals surface area contributed by atoms with E-state index in [4.69, 9.17) is 9.47 Å². The molecule has 0 N–H and O–H groups in total. The molecule has 4 nitrogen and oxygen atoms in total. The molecular weight excluding hydrogens is 346 g/mol. The van der Waals surface area contributed by atoms with Crippen LogP contribution in [-0.4, -0.2) is 23.8 Å². The number of amides is 1. The first-order valence-electron chi connectivity index (χ1n) is 7.60. The van der Waals surface area contributed by atoms with Crippen LogP contribution in [0, 0.1) is 0 Å². The second-order valence-electron chi connectivity index (χ2n) is 6.20. The summed E-state index contributed by atoms with van der Waals surface area (Å²) in [6.07, 6.45) is 2.86. The Morgan fingerprint density at radius 2 is 1.86 bits per heavy atom. The molecule has 1 atom stereocenters. The minimum absolute atomic E-state index is 0.0156. The third-order valence-electron chi connectivity index (χ3n) is 2.94. The highest BCUT2D eigenvalue weighted by molar-refractivity contribution is 9.09. The Balaban J connectivity index is 2.62. The number of unbranched alkanes of at least 4 members (excludes halogenated alkanes) is 1. The zero-order valence-corrected chi connectivity index (χ0v) is 15.6. The van der Waals surface area contributed by atoms with Crippen molar-refractivity contribution in [2.75, 3.05) is 11.9 Å². The number of carbonyl (C=O) groups excluding carboxylic acids is 1. The van der Waals surface area contributed by atoms with Crippen molar-refractivity contribution in [3.63, 3.8) is 0 Å². The SMILES string of the molecule is CCCCC(Br)Oc1ccc(N(C)C(=O)OC(C)(C)C)cc1.